The quantitative estimate of drug-likeness (QED) is 0.678. The lowest BCUT2D eigenvalue weighted by molar-refractivity contribution is 0.262. The van der Waals surface area contributed by atoms with Crippen LogP contribution in [0.25, 0.3) is 0 Å². The fraction of sp³-hybridized carbons (Fsp3) is 1.00. The van der Waals surface area contributed by atoms with Crippen molar-refractivity contribution >= 4 is 31.6 Å². The van der Waals surface area contributed by atoms with Crippen molar-refractivity contribution in [3.8, 4) is 0 Å². The van der Waals surface area contributed by atoms with Crippen LogP contribution in [0, 0.1) is 5.92 Å². The Hall–Kier alpha value is 0.110. The maximum absolute atomic E-state index is 12.4. The Balaban J connectivity index is 2.06. The third kappa shape index (κ3) is 3.60. The average molecular weight is 331 g/mol. The van der Waals surface area contributed by atoms with Gasteiger partial charge in [0, 0.05) is 32.1 Å². The molecule has 2 saturated heterocycles. The molecule has 1 atom stereocenters. The van der Waals surface area contributed by atoms with Crippen LogP contribution in [0.4, 0.5) is 0 Å². The predicted molar refractivity (Wildman–Crippen MR) is 74.2 cm³/mol. The molecule has 0 saturated carbocycles. The third-order valence-corrected chi connectivity index (χ3v) is 7.70. The fourth-order valence-electron chi connectivity index (χ4n) is 2.45. The van der Waals surface area contributed by atoms with Crippen LogP contribution in [-0.2, 0) is 20.0 Å². The van der Waals surface area contributed by atoms with Gasteiger partial charge in [0.25, 0.3) is 10.2 Å². The van der Waals surface area contributed by atoms with Crippen LogP contribution >= 0.6 is 11.6 Å². The minimum absolute atomic E-state index is 0.0622. The van der Waals surface area contributed by atoms with Gasteiger partial charge in [-0.25, -0.2) is 8.42 Å². The van der Waals surface area contributed by atoms with Crippen LogP contribution in [0.3, 0.4) is 0 Å². The van der Waals surface area contributed by atoms with Crippen molar-refractivity contribution in [3.63, 3.8) is 0 Å². The highest BCUT2D eigenvalue weighted by Gasteiger charge is 2.36. The Bertz CT molecular complexity index is 506. The van der Waals surface area contributed by atoms with E-state index < -0.39 is 20.0 Å². The van der Waals surface area contributed by atoms with Crippen molar-refractivity contribution in [2.75, 3.05) is 43.6 Å². The molecule has 2 rings (SSSR count). The molecule has 0 amide bonds. The normalized spacial score (nSPS) is 30.3. The van der Waals surface area contributed by atoms with E-state index in [9.17, 15) is 16.8 Å². The molecule has 0 N–H and O–H groups in total. The molecule has 19 heavy (non-hydrogen) atoms. The van der Waals surface area contributed by atoms with Crippen molar-refractivity contribution < 1.29 is 16.8 Å². The van der Waals surface area contributed by atoms with E-state index in [0.717, 1.165) is 12.8 Å². The molecule has 2 heterocycles. The lowest BCUT2D eigenvalue weighted by Gasteiger charge is -2.36. The highest BCUT2D eigenvalue weighted by Crippen LogP contribution is 2.22. The monoisotopic (exact) mass is 330 g/mol. The molecule has 0 radical (unpaired) electrons. The van der Waals surface area contributed by atoms with Crippen LogP contribution in [0.15, 0.2) is 0 Å². The molecule has 0 aromatic rings. The molecule has 6 nitrogen and oxygen atoms in total. The summed E-state index contributed by atoms with van der Waals surface area (Å²) in [5.41, 5.74) is 0. The number of hydrogen-bond acceptors (Lipinski definition) is 4. The van der Waals surface area contributed by atoms with Gasteiger partial charge in [0.15, 0.2) is 9.84 Å². The highest BCUT2D eigenvalue weighted by molar-refractivity contribution is 7.91. The second-order valence-corrected chi connectivity index (χ2v) is 9.62. The van der Waals surface area contributed by atoms with Crippen molar-refractivity contribution in [2.45, 2.75) is 12.8 Å². The summed E-state index contributed by atoms with van der Waals surface area (Å²) in [6.07, 6.45) is 1.76. The molecular weight excluding hydrogens is 312 g/mol. The van der Waals surface area contributed by atoms with Gasteiger partial charge < -0.3 is 0 Å². The molecule has 0 aromatic carbocycles. The van der Waals surface area contributed by atoms with Crippen molar-refractivity contribution in [1.29, 1.82) is 0 Å². The van der Waals surface area contributed by atoms with Crippen LogP contribution in [0.2, 0.25) is 0 Å². The van der Waals surface area contributed by atoms with Gasteiger partial charge >= 0.3 is 0 Å². The molecule has 9 heteroatoms. The first-order chi connectivity index (χ1) is 8.85. The topological polar surface area (TPSA) is 74.8 Å². The van der Waals surface area contributed by atoms with Gasteiger partial charge in [-0.1, -0.05) is 0 Å². The Morgan fingerprint density at radius 2 is 1.74 bits per heavy atom. The SMILES string of the molecule is O=S1(=O)CCN(S(=O)(=O)N2CCCC(CCl)C2)CC1. The van der Waals surface area contributed by atoms with E-state index in [-0.39, 0.29) is 30.5 Å². The molecule has 1 unspecified atom stereocenters. The Kier molecular flexibility index (Phi) is 4.77. The number of halogens is 1. The number of rotatable bonds is 3. The fourth-order valence-corrected chi connectivity index (χ4v) is 5.87. The Labute approximate surface area is 119 Å². The van der Waals surface area contributed by atoms with Crippen molar-refractivity contribution in [2.24, 2.45) is 5.92 Å². The summed E-state index contributed by atoms with van der Waals surface area (Å²) in [7, 11) is -6.60. The van der Waals surface area contributed by atoms with E-state index in [1.807, 2.05) is 0 Å². The molecule has 2 fully saturated rings. The van der Waals surface area contributed by atoms with Gasteiger partial charge in [-0.05, 0) is 18.8 Å². The van der Waals surface area contributed by atoms with Gasteiger partial charge in [-0.15, -0.1) is 11.6 Å². The van der Waals surface area contributed by atoms with Gasteiger partial charge in [-0.2, -0.15) is 17.0 Å². The van der Waals surface area contributed by atoms with E-state index >= 15 is 0 Å². The molecule has 2 aliphatic heterocycles. The molecule has 0 aromatic heterocycles. The molecule has 0 aliphatic carbocycles. The zero-order chi connectivity index (χ0) is 14.1. The second kappa shape index (κ2) is 5.85. The first-order valence-corrected chi connectivity index (χ1v) is 10.1. The van der Waals surface area contributed by atoms with E-state index in [4.69, 9.17) is 11.6 Å². The Morgan fingerprint density at radius 3 is 2.32 bits per heavy atom. The van der Waals surface area contributed by atoms with Crippen molar-refractivity contribution in [1.82, 2.24) is 8.61 Å². The minimum Gasteiger partial charge on any atom is -0.229 e. The first kappa shape index (κ1) is 15.5. The number of piperidine rings is 1. The third-order valence-electron chi connectivity index (χ3n) is 3.66. The summed E-state index contributed by atoms with van der Waals surface area (Å²) >= 11 is 5.80. The number of sulfone groups is 1. The number of alkyl halides is 1. The standard InChI is InChI=1S/C10H19ClN2O4S2/c11-8-10-2-1-3-13(9-10)19(16,17)12-4-6-18(14,15)7-5-12/h10H,1-9H2. The van der Waals surface area contributed by atoms with Crippen molar-refractivity contribution in [3.05, 3.63) is 0 Å². The van der Waals surface area contributed by atoms with Crippen LogP contribution in [-0.4, -0.2) is 69.0 Å². The molecular formula is C10H19ClN2O4S2. The van der Waals surface area contributed by atoms with Gasteiger partial charge in [0.2, 0.25) is 0 Å². The first-order valence-electron chi connectivity index (χ1n) is 6.37. The number of hydrogen-bond donors (Lipinski definition) is 0. The lowest BCUT2D eigenvalue weighted by atomic mass is 10.0. The van der Waals surface area contributed by atoms with Gasteiger partial charge in [0.05, 0.1) is 11.5 Å². The largest absolute Gasteiger partial charge is 0.282 e. The van der Waals surface area contributed by atoms with E-state index in [1.54, 1.807) is 0 Å². The highest BCUT2D eigenvalue weighted by atomic mass is 35.5. The van der Waals surface area contributed by atoms with Crippen LogP contribution in [0.1, 0.15) is 12.8 Å². The molecule has 0 spiro atoms. The summed E-state index contributed by atoms with van der Waals surface area (Å²) in [6.45, 7) is 1.06. The smallest absolute Gasteiger partial charge is 0.229 e. The van der Waals surface area contributed by atoms with Gasteiger partial charge in [-0.3, -0.25) is 0 Å². The second-order valence-electron chi connectivity index (χ2n) is 5.08. The van der Waals surface area contributed by atoms with Gasteiger partial charge in [0.1, 0.15) is 0 Å². The summed E-state index contributed by atoms with van der Waals surface area (Å²) in [6, 6.07) is 0. The summed E-state index contributed by atoms with van der Waals surface area (Å²) < 4.78 is 50.3. The zero-order valence-corrected chi connectivity index (χ0v) is 13.1. The van der Waals surface area contributed by atoms with E-state index in [1.165, 1.54) is 8.61 Å². The maximum Gasteiger partial charge on any atom is 0.282 e. The summed E-state index contributed by atoms with van der Waals surface area (Å²) in [4.78, 5) is 0. The average Bonchev–Trinajstić information content (AvgIpc) is 2.38. The summed E-state index contributed by atoms with van der Waals surface area (Å²) in [5, 5.41) is 0. The number of nitrogens with zero attached hydrogens (tertiary/aromatic N) is 2. The van der Waals surface area contributed by atoms with E-state index in [2.05, 4.69) is 0 Å². The summed E-state index contributed by atoms with van der Waals surface area (Å²) in [5.74, 6) is 0.483. The minimum atomic E-state index is -3.53. The maximum atomic E-state index is 12.4. The zero-order valence-electron chi connectivity index (χ0n) is 10.7. The molecule has 0 bridgehead atoms. The Morgan fingerprint density at radius 1 is 1.11 bits per heavy atom. The van der Waals surface area contributed by atoms with Crippen LogP contribution < -0.4 is 0 Å². The molecule has 112 valence electrons. The van der Waals surface area contributed by atoms with E-state index in [0.29, 0.717) is 19.0 Å². The predicted octanol–water partition coefficient (Wildman–Crippen LogP) is -0.0876. The lowest BCUT2D eigenvalue weighted by Crippen LogP contribution is -2.52. The van der Waals surface area contributed by atoms with Crippen LogP contribution in [0.5, 0.6) is 0 Å². The molecule has 2 aliphatic rings.